The molecule has 0 aliphatic carbocycles. The van der Waals surface area contributed by atoms with Crippen molar-refractivity contribution in [1.29, 1.82) is 0 Å². The summed E-state index contributed by atoms with van der Waals surface area (Å²) >= 11 is 0. The molecule has 2 N–H and O–H groups in total. The molecule has 0 amide bonds. The summed E-state index contributed by atoms with van der Waals surface area (Å²) in [4.78, 5) is 0. The minimum absolute atomic E-state index is 0. The van der Waals surface area contributed by atoms with E-state index < -0.39 is 10.3 Å². The number of nitrogens with one attached hydrogen (secondary N) is 1. The number of halogens is 1. The van der Waals surface area contributed by atoms with E-state index in [1.807, 2.05) is 11.6 Å². The Bertz CT molecular complexity index is 156. The first-order valence-corrected chi connectivity index (χ1v) is 4.22. The fraction of sp³-hybridized carbons (Fsp3) is 1.00. The summed E-state index contributed by atoms with van der Waals surface area (Å²) in [5, 5.41) is 0. The zero-order valence-corrected chi connectivity index (χ0v) is 6.52. The van der Waals surface area contributed by atoms with E-state index >= 15 is 0 Å². The third kappa shape index (κ3) is 10.7. The summed E-state index contributed by atoms with van der Waals surface area (Å²) in [7, 11) is -3.95. The second-order valence-corrected chi connectivity index (χ2v) is 2.96. The van der Waals surface area contributed by atoms with Crippen molar-refractivity contribution < 1.29 is 17.7 Å². The highest BCUT2D eigenvalue weighted by Crippen LogP contribution is 1.83. The van der Waals surface area contributed by atoms with Crippen LogP contribution in [-0.2, 0) is 10.3 Å². The first-order chi connectivity index (χ1) is 4.06. The summed E-state index contributed by atoms with van der Waals surface area (Å²) in [6.45, 7) is 2.25. The van der Waals surface area contributed by atoms with Crippen molar-refractivity contribution in [3.05, 3.63) is 0 Å². The van der Waals surface area contributed by atoms with Crippen LogP contribution in [0.4, 0.5) is 4.70 Å². The molecule has 0 aromatic carbocycles. The normalized spacial score (nSPS) is 10.6. The van der Waals surface area contributed by atoms with Gasteiger partial charge in [-0.25, -0.2) is 0 Å². The summed E-state index contributed by atoms with van der Waals surface area (Å²) in [6.07, 6.45) is 1.66. The molecule has 0 radical (unpaired) electrons. The van der Waals surface area contributed by atoms with Crippen molar-refractivity contribution in [2.75, 3.05) is 6.54 Å². The van der Waals surface area contributed by atoms with Crippen LogP contribution in [0.1, 0.15) is 19.8 Å². The number of rotatable bonds is 4. The van der Waals surface area contributed by atoms with Gasteiger partial charge in [0.15, 0.2) is 0 Å². The Morgan fingerprint density at radius 2 is 2.00 bits per heavy atom. The molecule has 0 heterocycles. The lowest BCUT2D eigenvalue weighted by atomic mass is 10.3. The highest BCUT2D eigenvalue weighted by Gasteiger charge is 1.98. The predicted molar refractivity (Wildman–Crippen MR) is 37.0 cm³/mol. The van der Waals surface area contributed by atoms with Gasteiger partial charge in [0.2, 0.25) is 0 Å². The molecule has 0 aliphatic heterocycles. The van der Waals surface area contributed by atoms with Gasteiger partial charge in [-0.3, -0.25) is 9.26 Å². The maximum atomic E-state index is 9.95. The van der Waals surface area contributed by atoms with Crippen molar-refractivity contribution in [1.82, 2.24) is 4.72 Å². The van der Waals surface area contributed by atoms with E-state index in [9.17, 15) is 8.42 Å². The minimum atomic E-state index is -3.95. The van der Waals surface area contributed by atoms with Gasteiger partial charge in [0.05, 0.1) is 0 Å². The summed E-state index contributed by atoms with van der Waals surface area (Å²) in [5.74, 6) is 0. The molecule has 0 bridgehead atoms. The lowest BCUT2D eigenvalue weighted by Gasteiger charge is -1.96. The van der Waals surface area contributed by atoms with E-state index in [-0.39, 0.29) is 4.70 Å². The van der Waals surface area contributed by atoms with Crippen LogP contribution in [0.3, 0.4) is 0 Å². The number of hydrogen-bond donors (Lipinski definition) is 2. The minimum Gasteiger partial charge on any atom is -0.273 e. The van der Waals surface area contributed by atoms with Gasteiger partial charge in [-0.05, 0) is 6.42 Å². The molecule has 0 atom stereocenters. The molecule has 4 nitrogen and oxygen atoms in total. The van der Waals surface area contributed by atoms with Gasteiger partial charge in [0, 0.05) is 6.54 Å². The molecule has 0 rings (SSSR count). The van der Waals surface area contributed by atoms with E-state index in [2.05, 4.69) is 0 Å². The average molecular weight is 173 g/mol. The highest BCUT2D eigenvalue weighted by molar-refractivity contribution is 7.83. The fourth-order valence-corrected chi connectivity index (χ4v) is 0.780. The van der Waals surface area contributed by atoms with Gasteiger partial charge in [0.1, 0.15) is 0 Å². The topological polar surface area (TPSA) is 66.4 Å². The first-order valence-electron chi connectivity index (χ1n) is 2.78. The van der Waals surface area contributed by atoms with Crippen LogP contribution in [-0.4, -0.2) is 19.5 Å². The van der Waals surface area contributed by atoms with Gasteiger partial charge in [0.25, 0.3) is 0 Å². The van der Waals surface area contributed by atoms with Crippen LogP contribution in [0.5, 0.6) is 0 Å². The van der Waals surface area contributed by atoms with E-state index in [4.69, 9.17) is 4.55 Å². The first kappa shape index (κ1) is 12.5. The molecule has 64 valence electrons. The lowest BCUT2D eigenvalue weighted by molar-refractivity contribution is 0.466. The van der Waals surface area contributed by atoms with Crippen LogP contribution in [0.2, 0.25) is 0 Å². The number of hydrogen-bond acceptors (Lipinski definition) is 2. The van der Waals surface area contributed by atoms with Crippen LogP contribution in [0.25, 0.3) is 0 Å². The smallest absolute Gasteiger partial charge is 0.273 e. The average Bonchev–Trinajstić information content (AvgIpc) is 1.63. The van der Waals surface area contributed by atoms with Gasteiger partial charge >= 0.3 is 10.3 Å². The van der Waals surface area contributed by atoms with E-state index in [1.54, 1.807) is 0 Å². The molecule has 0 saturated carbocycles. The van der Waals surface area contributed by atoms with E-state index in [1.165, 1.54) is 0 Å². The van der Waals surface area contributed by atoms with Gasteiger partial charge in [-0.1, -0.05) is 13.3 Å². The van der Waals surface area contributed by atoms with Crippen molar-refractivity contribution in [3.63, 3.8) is 0 Å². The Kier molecular flexibility index (Phi) is 6.95. The maximum Gasteiger partial charge on any atom is 0.333 e. The second kappa shape index (κ2) is 5.57. The van der Waals surface area contributed by atoms with Crippen LogP contribution < -0.4 is 4.72 Å². The van der Waals surface area contributed by atoms with Gasteiger partial charge in [-0.2, -0.15) is 13.1 Å². The molecule has 0 aromatic rings. The maximum absolute atomic E-state index is 9.95. The van der Waals surface area contributed by atoms with Crippen molar-refractivity contribution in [3.8, 4) is 0 Å². The molecule has 0 saturated heterocycles. The van der Waals surface area contributed by atoms with Crippen molar-refractivity contribution in [2.45, 2.75) is 19.8 Å². The van der Waals surface area contributed by atoms with Crippen LogP contribution in [0, 0.1) is 0 Å². The molecule has 0 fully saturated rings. The van der Waals surface area contributed by atoms with E-state index in [0.717, 1.165) is 12.8 Å². The Balaban J connectivity index is 0. The predicted octanol–water partition coefficient (Wildman–Crippen LogP) is 0.331. The molecule has 0 unspecified atom stereocenters. The molecule has 10 heavy (non-hydrogen) atoms. The molecular formula is C4H12FNO3S. The molecular weight excluding hydrogens is 161 g/mol. The Hall–Kier alpha value is -0.200. The zero-order valence-electron chi connectivity index (χ0n) is 5.70. The summed E-state index contributed by atoms with van der Waals surface area (Å²) in [5.41, 5.74) is 0. The Labute approximate surface area is 59.9 Å². The van der Waals surface area contributed by atoms with Crippen molar-refractivity contribution >= 4 is 10.3 Å². The zero-order chi connectivity index (χ0) is 7.33. The molecule has 6 heteroatoms. The fourth-order valence-electron chi connectivity index (χ4n) is 0.378. The van der Waals surface area contributed by atoms with Gasteiger partial charge in [-0.15, -0.1) is 0 Å². The number of unbranched alkanes of at least 4 members (excludes halogenated alkanes) is 1. The Morgan fingerprint density at radius 3 is 2.30 bits per heavy atom. The monoisotopic (exact) mass is 173 g/mol. The summed E-state index contributed by atoms with van der Waals surface area (Å²) in [6, 6.07) is 0. The Morgan fingerprint density at radius 1 is 1.50 bits per heavy atom. The largest absolute Gasteiger partial charge is 0.333 e. The van der Waals surface area contributed by atoms with Gasteiger partial charge < -0.3 is 0 Å². The van der Waals surface area contributed by atoms with Crippen LogP contribution in [0.15, 0.2) is 0 Å². The van der Waals surface area contributed by atoms with E-state index in [0.29, 0.717) is 6.54 Å². The third-order valence-corrected chi connectivity index (χ3v) is 1.38. The van der Waals surface area contributed by atoms with Crippen LogP contribution >= 0.6 is 0 Å². The highest BCUT2D eigenvalue weighted by atomic mass is 32.2. The second-order valence-electron chi connectivity index (χ2n) is 1.72. The lowest BCUT2D eigenvalue weighted by Crippen LogP contribution is -2.23. The standard InChI is InChI=1S/C4H11NO3S.FH/c1-2-3-4-5-9(6,7)8;/h5H,2-4H2,1H3,(H,6,7,8);1H. The SMILES string of the molecule is CCCCNS(=O)(=O)O.F. The summed E-state index contributed by atoms with van der Waals surface area (Å²) < 4.78 is 30.0. The third-order valence-electron chi connectivity index (χ3n) is 0.815. The van der Waals surface area contributed by atoms with Crippen molar-refractivity contribution in [2.24, 2.45) is 0 Å². The molecule has 0 spiro atoms. The molecule has 0 aromatic heterocycles. The molecule has 0 aliphatic rings. The quantitative estimate of drug-likeness (QED) is 0.475.